The third-order valence-corrected chi connectivity index (χ3v) is 5.60. The van der Waals surface area contributed by atoms with Crippen molar-refractivity contribution < 1.29 is 19.0 Å². The van der Waals surface area contributed by atoms with Crippen molar-refractivity contribution in [2.24, 2.45) is 0 Å². The topological polar surface area (TPSA) is 86.7 Å². The summed E-state index contributed by atoms with van der Waals surface area (Å²) in [6, 6.07) is 4.00. The summed E-state index contributed by atoms with van der Waals surface area (Å²) in [5.74, 6) is 1.63. The summed E-state index contributed by atoms with van der Waals surface area (Å²) >= 11 is 0. The van der Waals surface area contributed by atoms with Crippen molar-refractivity contribution in [3.05, 3.63) is 35.9 Å². The number of carbonyl (C=O) groups excluding carboxylic acids is 1. The van der Waals surface area contributed by atoms with Crippen molar-refractivity contribution in [2.45, 2.75) is 64.6 Å². The Morgan fingerprint density at radius 2 is 1.86 bits per heavy atom. The van der Waals surface area contributed by atoms with Gasteiger partial charge >= 0.3 is 6.09 Å². The van der Waals surface area contributed by atoms with E-state index in [0.717, 1.165) is 36.9 Å². The first-order chi connectivity index (χ1) is 14.1. The number of ether oxygens (including phenoxy) is 3. The third-order valence-electron chi connectivity index (χ3n) is 5.60. The van der Waals surface area contributed by atoms with Crippen LogP contribution in [0.5, 0.6) is 17.5 Å². The number of hydrogen-bond acceptors (Lipinski definition) is 7. The Balaban J connectivity index is 1.46. The van der Waals surface area contributed by atoms with E-state index >= 15 is 0 Å². The molecule has 0 unspecified atom stereocenters. The van der Waals surface area contributed by atoms with Crippen molar-refractivity contribution in [1.29, 1.82) is 0 Å². The maximum Gasteiger partial charge on any atom is 0.410 e. The lowest BCUT2D eigenvalue weighted by Gasteiger charge is -2.37. The molecule has 0 aromatic carbocycles. The van der Waals surface area contributed by atoms with E-state index in [1.807, 2.05) is 37.8 Å². The minimum absolute atomic E-state index is 0.000227. The molecule has 0 radical (unpaired) electrons. The molecule has 2 fully saturated rings. The summed E-state index contributed by atoms with van der Waals surface area (Å²) < 4.78 is 17.4. The zero-order valence-electron chi connectivity index (χ0n) is 17.0. The van der Waals surface area contributed by atoms with Gasteiger partial charge in [-0.2, -0.15) is 0 Å². The highest BCUT2D eigenvalue weighted by molar-refractivity contribution is 5.69. The van der Waals surface area contributed by atoms with Gasteiger partial charge in [0.2, 0.25) is 11.8 Å². The number of aromatic nitrogens is 3. The number of rotatable bonds is 5. The van der Waals surface area contributed by atoms with Crippen LogP contribution in [0.25, 0.3) is 0 Å². The monoisotopic (exact) mass is 398 g/mol. The fourth-order valence-corrected chi connectivity index (χ4v) is 4.20. The van der Waals surface area contributed by atoms with Crippen LogP contribution in [0, 0.1) is 13.8 Å². The van der Waals surface area contributed by atoms with Gasteiger partial charge < -0.3 is 19.1 Å². The largest absolute Gasteiger partial charge is 0.474 e. The van der Waals surface area contributed by atoms with Crippen molar-refractivity contribution in [1.82, 2.24) is 19.9 Å². The molecule has 2 aromatic heterocycles. The lowest BCUT2D eigenvalue weighted by Crippen LogP contribution is -2.49. The fraction of sp³-hybridized carbons (Fsp3) is 0.524. The molecule has 2 aliphatic heterocycles. The SMILES string of the molecule is CCOC(=O)N1[C@H]2CC[C@H]1CC(Oc1ncnc(Oc3cccnc3C)c1C)C2. The molecular formula is C21H26N4O4. The molecule has 2 aromatic rings. The van der Waals surface area contributed by atoms with Crippen molar-refractivity contribution in [3.63, 3.8) is 0 Å². The quantitative estimate of drug-likeness (QED) is 0.757. The number of pyridine rings is 1. The summed E-state index contributed by atoms with van der Waals surface area (Å²) in [6.45, 7) is 6.00. The Bertz CT molecular complexity index is 877. The average Bonchev–Trinajstić information content (AvgIpc) is 2.98. The first-order valence-electron chi connectivity index (χ1n) is 10.1. The molecule has 2 aliphatic rings. The molecule has 2 atom stereocenters. The van der Waals surface area contributed by atoms with Crippen molar-refractivity contribution in [3.8, 4) is 17.5 Å². The molecule has 0 saturated carbocycles. The lowest BCUT2D eigenvalue weighted by molar-refractivity contribution is 0.0334. The molecule has 2 bridgehead atoms. The number of aryl methyl sites for hydroxylation is 1. The van der Waals surface area contributed by atoms with Crippen LogP contribution in [0.1, 0.15) is 43.9 Å². The molecule has 8 heteroatoms. The van der Waals surface area contributed by atoms with Crippen molar-refractivity contribution in [2.75, 3.05) is 6.61 Å². The first-order valence-corrected chi connectivity index (χ1v) is 10.1. The van der Waals surface area contributed by atoms with E-state index in [0.29, 0.717) is 24.1 Å². The highest BCUT2D eigenvalue weighted by Crippen LogP contribution is 2.38. The van der Waals surface area contributed by atoms with Gasteiger partial charge in [0.05, 0.1) is 17.9 Å². The van der Waals surface area contributed by atoms with Crippen LogP contribution in [-0.2, 0) is 4.74 Å². The summed E-state index contributed by atoms with van der Waals surface area (Å²) in [7, 11) is 0. The second-order valence-corrected chi connectivity index (χ2v) is 7.50. The van der Waals surface area contributed by atoms with Crippen LogP contribution in [0.3, 0.4) is 0 Å². The zero-order chi connectivity index (χ0) is 20.4. The summed E-state index contributed by atoms with van der Waals surface area (Å²) in [5.41, 5.74) is 1.53. The van der Waals surface area contributed by atoms with E-state index in [9.17, 15) is 4.79 Å². The molecule has 4 heterocycles. The van der Waals surface area contributed by atoms with E-state index in [2.05, 4.69) is 15.0 Å². The van der Waals surface area contributed by atoms with Gasteiger partial charge in [0, 0.05) is 31.1 Å². The molecule has 154 valence electrons. The van der Waals surface area contributed by atoms with Gasteiger partial charge in [0.25, 0.3) is 0 Å². The summed E-state index contributed by atoms with van der Waals surface area (Å²) in [5, 5.41) is 0. The number of piperidine rings is 1. The predicted molar refractivity (Wildman–Crippen MR) is 105 cm³/mol. The van der Waals surface area contributed by atoms with Gasteiger partial charge in [-0.15, -0.1) is 0 Å². The Labute approximate surface area is 170 Å². The van der Waals surface area contributed by atoms with Crippen molar-refractivity contribution >= 4 is 6.09 Å². The zero-order valence-corrected chi connectivity index (χ0v) is 17.0. The van der Waals surface area contributed by atoms with E-state index in [1.54, 1.807) is 6.20 Å². The predicted octanol–water partition coefficient (Wildman–Crippen LogP) is 3.81. The van der Waals surface area contributed by atoms with Gasteiger partial charge in [-0.25, -0.2) is 14.8 Å². The number of carbonyl (C=O) groups is 1. The van der Waals surface area contributed by atoms with Crippen LogP contribution in [0.4, 0.5) is 4.79 Å². The molecule has 8 nitrogen and oxygen atoms in total. The van der Waals surface area contributed by atoms with Gasteiger partial charge in [-0.3, -0.25) is 4.98 Å². The van der Waals surface area contributed by atoms with Crippen LogP contribution < -0.4 is 9.47 Å². The molecule has 4 rings (SSSR count). The van der Waals surface area contributed by atoms with Gasteiger partial charge in [0.15, 0.2) is 5.75 Å². The minimum atomic E-state index is -0.209. The maximum atomic E-state index is 12.2. The van der Waals surface area contributed by atoms with E-state index in [-0.39, 0.29) is 24.3 Å². The Hall–Kier alpha value is -2.90. The second-order valence-electron chi connectivity index (χ2n) is 7.50. The third kappa shape index (κ3) is 3.97. The number of hydrogen-bond donors (Lipinski definition) is 0. The number of nitrogens with zero attached hydrogens (tertiary/aromatic N) is 4. The molecule has 1 amide bonds. The van der Waals surface area contributed by atoms with Crippen LogP contribution in [0.15, 0.2) is 24.7 Å². The highest BCUT2D eigenvalue weighted by atomic mass is 16.6. The standard InChI is InChI=1S/C21H26N4O4/c1-4-27-21(26)25-15-7-8-16(25)11-17(10-15)28-19-13(2)20(24-12-23-19)29-18-6-5-9-22-14(18)3/h5-6,9,12,15-17H,4,7-8,10-11H2,1-3H3/t15-,16-/m0/s1. The number of amides is 1. The highest BCUT2D eigenvalue weighted by Gasteiger charge is 2.45. The molecule has 2 saturated heterocycles. The minimum Gasteiger partial charge on any atom is -0.474 e. The van der Waals surface area contributed by atoms with Gasteiger partial charge in [-0.05, 0) is 45.7 Å². The molecule has 0 N–H and O–H groups in total. The van der Waals surface area contributed by atoms with E-state index < -0.39 is 0 Å². The van der Waals surface area contributed by atoms with E-state index in [4.69, 9.17) is 14.2 Å². The number of fused-ring (bicyclic) bond motifs is 2. The summed E-state index contributed by atoms with van der Waals surface area (Å²) in [4.78, 5) is 27.0. The summed E-state index contributed by atoms with van der Waals surface area (Å²) in [6.07, 6.45) is 6.49. The van der Waals surface area contributed by atoms with Crippen LogP contribution in [0.2, 0.25) is 0 Å². The maximum absolute atomic E-state index is 12.2. The van der Waals surface area contributed by atoms with Crippen LogP contribution >= 0.6 is 0 Å². The normalized spacial score (nSPS) is 23.0. The first kappa shape index (κ1) is 19.4. The molecule has 29 heavy (non-hydrogen) atoms. The average molecular weight is 398 g/mol. The second kappa shape index (κ2) is 8.23. The van der Waals surface area contributed by atoms with Gasteiger partial charge in [-0.1, -0.05) is 0 Å². The molecular weight excluding hydrogens is 372 g/mol. The van der Waals surface area contributed by atoms with E-state index in [1.165, 1.54) is 6.33 Å². The molecule has 0 aliphatic carbocycles. The molecule has 0 spiro atoms. The van der Waals surface area contributed by atoms with Crippen LogP contribution in [-0.4, -0.2) is 50.7 Å². The lowest BCUT2D eigenvalue weighted by atomic mass is 10.0. The Kier molecular flexibility index (Phi) is 5.51. The fourth-order valence-electron chi connectivity index (χ4n) is 4.20. The Morgan fingerprint density at radius 1 is 1.14 bits per heavy atom. The Morgan fingerprint density at radius 3 is 2.55 bits per heavy atom. The van der Waals surface area contributed by atoms with Gasteiger partial charge in [0.1, 0.15) is 12.4 Å². The smallest absolute Gasteiger partial charge is 0.410 e.